The number of aliphatic hydroxyl groups is 1. The largest absolute Gasteiger partial charge is 0.495 e. The number of aromatic amines is 1. The first-order chi connectivity index (χ1) is 17.4. The van der Waals surface area contributed by atoms with Crippen LogP contribution >= 0.6 is 11.6 Å². The van der Waals surface area contributed by atoms with Gasteiger partial charge >= 0.3 is 6.18 Å². The predicted octanol–water partition coefficient (Wildman–Crippen LogP) is 4.36. The second-order valence-electron chi connectivity index (χ2n) is 8.71. The predicted molar refractivity (Wildman–Crippen MR) is 137 cm³/mol. The number of benzene rings is 2. The molecule has 1 aliphatic carbocycles. The first-order valence-corrected chi connectivity index (χ1v) is 13.3. The van der Waals surface area contributed by atoms with Crippen molar-refractivity contribution in [3.8, 4) is 16.9 Å². The standard InChI is InChI=1S/C23H26ClF3N6O3S/c1-36-18-8-3-12(9-19(18)37(2,35)33-13-4-6-15(34)7-5-13)20-16(23(25,26)27)10-14(11-17(20)24)29-22-30-21(28)31-32-22/h3,8-11,13,15,34H,2,4-7H2,1H3,(H,33,35)(H4,28,29,30,31,32). The molecule has 1 heterocycles. The molecule has 0 radical (unpaired) electrons. The molecule has 37 heavy (non-hydrogen) atoms. The maximum absolute atomic E-state index is 14.2. The normalized spacial score (nSPS) is 19.8. The van der Waals surface area contributed by atoms with Crippen LogP contribution < -0.4 is 20.5 Å². The van der Waals surface area contributed by atoms with Crippen LogP contribution in [0, 0.1) is 0 Å². The molecule has 1 atom stereocenters. The Balaban J connectivity index is 1.76. The van der Waals surface area contributed by atoms with E-state index in [0.29, 0.717) is 25.7 Å². The van der Waals surface area contributed by atoms with Gasteiger partial charge in [0.2, 0.25) is 11.9 Å². The molecule has 0 aliphatic heterocycles. The number of rotatable bonds is 7. The molecule has 200 valence electrons. The average Bonchev–Trinajstić information content (AvgIpc) is 3.23. The molecule has 9 nitrogen and oxygen atoms in total. The lowest BCUT2D eigenvalue weighted by atomic mass is 9.94. The zero-order valence-corrected chi connectivity index (χ0v) is 21.3. The second-order valence-corrected chi connectivity index (χ2v) is 11.1. The smallest absolute Gasteiger partial charge is 0.417 e. The van der Waals surface area contributed by atoms with E-state index >= 15 is 0 Å². The maximum Gasteiger partial charge on any atom is 0.417 e. The Kier molecular flexibility index (Phi) is 7.60. The van der Waals surface area contributed by atoms with E-state index < -0.39 is 27.6 Å². The van der Waals surface area contributed by atoms with Crippen molar-refractivity contribution in [1.82, 2.24) is 19.9 Å². The Morgan fingerprint density at radius 3 is 2.54 bits per heavy atom. The van der Waals surface area contributed by atoms with Crippen molar-refractivity contribution in [3.05, 3.63) is 40.9 Å². The van der Waals surface area contributed by atoms with E-state index in [1.807, 2.05) is 0 Å². The van der Waals surface area contributed by atoms with Gasteiger partial charge in [0.15, 0.2) is 0 Å². The van der Waals surface area contributed by atoms with E-state index in [1.165, 1.54) is 31.4 Å². The number of H-pyrrole nitrogens is 1. The number of alkyl halides is 3. The third kappa shape index (κ3) is 6.12. The van der Waals surface area contributed by atoms with Gasteiger partial charge in [-0.05, 0) is 61.4 Å². The molecular formula is C23H26ClF3N6O3S. The molecule has 0 bridgehead atoms. The molecule has 0 amide bonds. The van der Waals surface area contributed by atoms with Crippen LogP contribution in [-0.2, 0) is 15.9 Å². The Labute approximate surface area is 216 Å². The Bertz CT molecular complexity index is 1390. The van der Waals surface area contributed by atoms with E-state index in [-0.39, 0.29) is 50.4 Å². The van der Waals surface area contributed by atoms with Crippen LogP contribution in [0.2, 0.25) is 5.02 Å². The zero-order valence-electron chi connectivity index (χ0n) is 19.7. The minimum atomic E-state index is -4.78. The average molecular weight is 559 g/mol. The van der Waals surface area contributed by atoms with Crippen molar-refractivity contribution in [2.45, 2.75) is 48.9 Å². The summed E-state index contributed by atoms with van der Waals surface area (Å²) >= 11 is 6.39. The van der Waals surface area contributed by atoms with Crippen LogP contribution in [-0.4, -0.2) is 49.6 Å². The fraction of sp³-hybridized carbons (Fsp3) is 0.348. The van der Waals surface area contributed by atoms with E-state index in [1.54, 1.807) is 0 Å². The van der Waals surface area contributed by atoms with Gasteiger partial charge in [-0.2, -0.15) is 18.2 Å². The fourth-order valence-corrected chi connectivity index (χ4v) is 6.29. The molecule has 3 aromatic rings. The summed E-state index contributed by atoms with van der Waals surface area (Å²) < 4.78 is 64.6. The fourth-order valence-electron chi connectivity index (χ4n) is 4.27. The Hall–Kier alpha value is -3.00. The molecule has 2 aromatic carbocycles. The highest BCUT2D eigenvalue weighted by atomic mass is 35.5. The lowest BCUT2D eigenvalue weighted by Gasteiger charge is -2.28. The number of hydrogen-bond acceptors (Lipinski definition) is 7. The monoisotopic (exact) mass is 558 g/mol. The molecule has 1 saturated carbocycles. The SMILES string of the molecule is C=S(=O)(NC1CCC(O)CC1)c1cc(-c2c(Cl)cc(Nc3n[nH]c(N)n3)cc2C(F)(F)F)ccc1OC. The van der Waals surface area contributed by atoms with Gasteiger partial charge in [0.25, 0.3) is 0 Å². The van der Waals surface area contributed by atoms with Crippen molar-refractivity contribution in [1.29, 1.82) is 0 Å². The molecule has 1 aliphatic rings. The summed E-state index contributed by atoms with van der Waals surface area (Å²) in [5.41, 5.74) is 4.23. The number of ether oxygens (including phenoxy) is 1. The number of nitrogens with zero attached hydrogens (tertiary/aromatic N) is 2. The van der Waals surface area contributed by atoms with Gasteiger partial charge in [0.1, 0.15) is 5.75 Å². The molecule has 1 aromatic heterocycles. The zero-order chi connectivity index (χ0) is 27.0. The van der Waals surface area contributed by atoms with Gasteiger partial charge in [-0.15, -0.1) is 5.10 Å². The van der Waals surface area contributed by atoms with Crippen molar-refractivity contribution >= 4 is 44.8 Å². The molecule has 1 unspecified atom stereocenters. The third-order valence-electron chi connectivity index (χ3n) is 6.02. The summed E-state index contributed by atoms with van der Waals surface area (Å²) in [4.78, 5) is 3.93. The number of aliphatic hydroxyl groups excluding tert-OH is 1. The summed E-state index contributed by atoms with van der Waals surface area (Å²) in [6, 6.07) is 6.19. The number of hydrogen-bond donors (Lipinski definition) is 5. The van der Waals surface area contributed by atoms with E-state index in [9.17, 15) is 22.5 Å². The third-order valence-corrected chi connectivity index (χ3v) is 8.06. The van der Waals surface area contributed by atoms with Gasteiger partial charge in [-0.3, -0.25) is 0 Å². The van der Waals surface area contributed by atoms with Crippen molar-refractivity contribution < 1.29 is 27.2 Å². The highest BCUT2D eigenvalue weighted by Crippen LogP contribution is 2.44. The first kappa shape index (κ1) is 27.0. The second kappa shape index (κ2) is 10.4. The number of nitrogen functional groups attached to an aromatic ring is 1. The molecule has 0 saturated heterocycles. The summed E-state index contributed by atoms with van der Waals surface area (Å²) in [6.07, 6.45) is -2.90. The van der Waals surface area contributed by atoms with Crippen LogP contribution in [0.1, 0.15) is 31.2 Å². The molecule has 14 heteroatoms. The van der Waals surface area contributed by atoms with Crippen LogP contribution in [0.3, 0.4) is 0 Å². The van der Waals surface area contributed by atoms with Crippen molar-refractivity contribution in [2.75, 3.05) is 18.2 Å². The lowest BCUT2D eigenvalue weighted by molar-refractivity contribution is -0.137. The van der Waals surface area contributed by atoms with Gasteiger partial charge in [0.05, 0.1) is 38.4 Å². The van der Waals surface area contributed by atoms with Gasteiger partial charge < -0.3 is 20.9 Å². The highest BCUT2D eigenvalue weighted by Gasteiger charge is 2.36. The van der Waals surface area contributed by atoms with Crippen LogP contribution in [0.25, 0.3) is 11.1 Å². The molecule has 1 fully saturated rings. The number of aromatic nitrogens is 3. The summed E-state index contributed by atoms with van der Waals surface area (Å²) in [5, 5.41) is 18.3. The highest BCUT2D eigenvalue weighted by molar-refractivity contribution is 7.98. The van der Waals surface area contributed by atoms with Crippen LogP contribution in [0.5, 0.6) is 5.75 Å². The van der Waals surface area contributed by atoms with E-state index in [0.717, 1.165) is 6.07 Å². The van der Waals surface area contributed by atoms with Crippen molar-refractivity contribution in [3.63, 3.8) is 0 Å². The van der Waals surface area contributed by atoms with E-state index in [4.69, 9.17) is 22.1 Å². The number of nitrogens with two attached hydrogens (primary N) is 1. The summed E-state index contributed by atoms with van der Waals surface area (Å²) in [5.74, 6) is 4.00. The first-order valence-electron chi connectivity index (χ1n) is 11.2. The molecular weight excluding hydrogens is 533 g/mol. The summed E-state index contributed by atoms with van der Waals surface area (Å²) in [7, 11) is -1.81. The Morgan fingerprint density at radius 1 is 1.24 bits per heavy atom. The lowest BCUT2D eigenvalue weighted by Crippen LogP contribution is -2.38. The van der Waals surface area contributed by atoms with Gasteiger partial charge in [-0.25, -0.2) is 14.0 Å². The van der Waals surface area contributed by atoms with Crippen LogP contribution in [0.4, 0.5) is 30.8 Å². The topological polar surface area (TPSA) is 138 Å². The molecule has 0 spiro atoms. The number of nitrogens with one attached hydrogen (secondary N) is 3. The van der Waals surface area contributed by atoms with Gasteiger partial charge in [-0.1, -0.05) is 17.7 Å². The van der Waals surface area contributed by atoms with E-state index in [2.05, 4.69) is 31.1 Å². The molecule has 6 N–H and O–H groups in total. The number of methoxy groups -OCH3 is 1. The number of halogens is 4. The van der Waals surface area contributed by atoms with Gasteiger partial charge in [0, 0.05) is 17.3 Å². The minimum Gasteiger partial charge on any atom is -0.495 e. The van der Waals surface area contributed by atoms with Crippen LogP contribution in [0.15, 0.2) is 35.2 Å². The minimum absolute atomic E-state index is 0.00378. The molecule has 4 rings (SSSR count). The van der Waals surface area contributed by atoms with Crippen molar-refractivity contribution in [2.24, 2.45) is 0 Å². The Morgan fingerprint density at radius 2 is 1.95 bits per heavy atom. The number of anilines is 3. The quantitative estimate of drug-likeness (QED) is 0.272. The maximum atomic E-state index is 14.2. The summed E-state index contributed by atoms with van der Waals surface area (Å²) in [6.45, 7) is 0.